The van der Waals surface area contributed by atoms with Crippen molar-refractivity contribution in [3.63, 3.8) is 0 Å². The van der Waals surface area contributed by atoms with Crippen LogP contribution < -0.4 is 14.8 Å². The zero-order valence-corrected chi connectivity index (χ0v) is 20.6. The molecule has 5 aromatic rings. The average molecular weight is 526 g/mol. The summed E-state index contributed by atoms with van der Waals surface area (Å²) in [4.78, 5) is 17.8. The van der Waals surface area contributed by atoms with Crippen LogP contribution in [0.4, 0.5) is 13.2 Å². The lowest BCUT2D eigenvalue weighted by molar-refractivity contribution is -0.137. The lowest BCUT2D eigenvalue weighted by Crippen LogP contribution is -2.23. The maximum Gasteiger partial charge on any atom is 0.416 e. The van der Waals surface area contributed by atoms with Crippen molar-refractivity contribution >= 4 is 22.4 Å². The lowest BCUT2D eigenvalue weighted by Gasteiger charge is -2.07. The predicted octanol–water partition coefficient (Wildman–Crippen LogP) is 6.21. The molecule has 0 atom stereocenters. The minimum atomic E-state index is -4.45. The Morgan fingerprint density at radius 2 is 1.86 bits per heavy atom. The minimum absolute atomic E-state index is 0.268. The van der Waals surface area contributed by atoms with Crippen LogP contribution in [0.3, 0.4) is 0 Å². The van der Waals surface area contributed by atoms with Crippen LogP contribution in [-0.2, 0) is 6.18 Å². The van der Waals surface area contributed by atoms with Gasteiger partial charge < -0.3 is 9.15 Å². The number of ether oxygens (including phenoxy) is 1. The largest absolute Gasteiger partial charge is 0.494 e. The standard InChI is InChI=1S/C27H22F3N3O3S/c1-2-3-4-14-35-20-10-8-17(9-11-20)24-31-26-33(32-24)25(34)23(37-26)16-21-12-13-22(36-21)18-6-5-7-19(15-18)27(28,29)30/h5-13,15-16H,2-4,14H2,1H3/b23-16+. The monoisotopic (exact) mass is 525 g/mol. The summed E-state index contributed by atoms with van der Waals surface area (Å²) < 4.78 is 52.1. The minimum Gasteiger partial charge on any atom is -0.494 e. The summed E-state index contributed by atoms with van der Waals surface area (Å²) in [6, 6.07) is 15.5. The molecular weight excluding hydrogens is 503 g/mol. The van der Waals surface area contributed by atoms with E-state index in [1.165, 1.54) is 22.7 Å². The quantitative estimate of drug-likeness (QED) is 0.225. The van der Waals surface area contributed by atoms with Crippen LogP contribution in [0.15, 0.2) is 69.9 Å². The number of unbranched alkanes of at least 4 members (excludes halogenated alkanes) is 2. The van der Waals surface area contributed by atoms with Crippen molar-refractivity contribution in [1.82, 2.24) is 14.6 Å². The van der Waals surface area contributed by atoms with Gasteiger partial charge in [0.1, 0.15) is 21.8 Å². The van der Waals surface area contributed by atoms with Crippen LogP contribution in [0.1, 0.15) is 37.5 Å². The lowest BCUT2D eigenvalue weighted by atomic mass is 10.1. The van der Waals surface area contributed by atoms with Crippen LogP contribution >= 0.6 is 11.3 Å². The van der Waals surface area contributed by atoms with Crippen LogP contribution in [0.5, 0.6) is 5.75 Å². The number of nitrogens with zero attached hydrogens (tertiary/aromatic N) is 3. The van der Waals surface area contributed by atoms with E-state index in [1.54, 1.807) is 12.1 Å². The molecule has 0 amide bonds. The number of furan rings is 1. The molecule has 0 N–H and O–H groups in total. The molecule has 10 heteroatoms. The van der Waals surface area contributed by atoms with Crippen molar-refractivity contribution in [2.24, 2.45) is 0 Å². The fraction of sp³-hybridized carbons (Fsp3) is 0.222. The molecule has 3 heterocycles. The highest BCUT2D eigenvalue weighted by Crippen LogP contribution is 2.32. The van der Waals surface area contributed by atoms with Gasteiger partial charge in [-0.1, -0.05) is 43.2 Å². The summed E-state index contributed by atoms with van der Waals surface area (Å²) in [6.07, 6.45) is 0.352. The average Bonchev–Trinajstić information content (AvgIpc) is 3.59. The van der Waals surface area contributed by atoms with Crippen molar-refractivity contribution in [2.45, 2.75) is 32.4 Å². The van der Waals surface area contributed by atoms with E-state index in [2.05, 4.69) is 17.0 Å². The fourth-order valence-corrected chi connectivity index (χ4v) is 4.65. The number of aromatic nitrogens is 3. The summed E-state index contributed by atoms with van der Waals surface area (Å²) >= 11 is 1.15. The van der Waals surface area contributed by atoms with E-state index in [4.69, 9.17) is 9.15 Å². The maximum atomic E-state index is 13.0. The van der Waals surface area contributed by atoms with Gasteiger partial charge in [-0.15, -0.1) is 5.10 Å². The van der Waals surface area contributed by atoms with Gasteiger partial charge in [-0.05, 0) is 55.0 Å². The molecule has 0 aliphatic carbocycles. The number of hydrogen-bond donors (Lipinski definition) is 0. The summed E-state index contributed by atoms with van der Waals surface area (Å²) in [5, 5.41) is 4.35. The SMILES string of the molecule is CCCCCOc1ccc(-c2nc3s/c(=C/c4ccc(-c5cccc(C(F)(F)F)c5)o4)c(=O)n3n2)cc1. The van der Waals surface area contributed by atoms with Gasteiger partial charge in [0.05, 0.1) is 12.2 Å². The van der Waals surface area contributed by atoms with Crippen molar-refractivity contribution in [3.05, 3.63) is 86.9 Å². The highest BCUT2D eigenvalue weighted by Gasteiger charge is 2.30. The van der Waals surface area contributed by atoms with Gasteiger partial charge in [0.2, 0.25) is 4.96 Å². The zero-order chi connectivity index (χ0) is 26.0. The molecule has 0 unspecified atom stereocenters. The molecular formula is C27H22F3N3O3S. The second-order valence-electron chi connectivity index (χ2n) is 8.41. The molecule has 2 aromatic carbocycles. The first-order valence-corrected chi connectivity index (χ1v) is 12.6. The Morgan fingerprint density at radius 3 is 2.59 bits per heavy atom. The zero-order valence-electron chi connectivity index (χ0n) is 19.8. The smallest absolute Gasteiger partial charge is 0.416 e. The van der Waals surface area contributed by atoms with Gasteiger partial charge in [-0.3, -0.25) is 4.79 Å². The van der Waals surface area contributed by atoms with E-state index in [9.17, 15) is 18.0 Å². The Hall–Kier alpha value is -3.92. The summed E-state index contributed by atoms with van der Waals surface area (Å²) in [5.41, 5.74) is -0.0593. The second kappa shape index (κ2) is 10.2. The van der Waals surface area contributed by atoms with Crippen molar-refractivity contribution in [3.8, 4) is 28.5 Å². The van der Waals surface area contributed by atoms with Crippen molar-refractivity contribution < 1.29 is 22.3 Å². The topological polar surface area (TPSA) is 69.6 Å². The van der Waals surface area contributed by atoms with Crippen molar-refractivity contribution in [1.29, 1.82) is 0 Å². The van der Waals surface area contributed by atoms with Gasteiger partial charge >= 0.3 is 6.18 Å². The Labute approximate surface area is 213 Å². The van der Waals surface area contributed by atoms with E-state index in [0.29, 0.717) is 33.2 Å². The van der Waals surface area contributed by atoms with Gasteiger partial charge in [-0.2, -0.15) is 22.7 Å². The van der Waals surface area contributed by atoms with Gasteiger partial charge in [0.25, 0.3) is 5.56 Å². The third-order valence-electron chi connectivity index (χ3n) is 5.69. The van der Waals surface area contributed by atoms with Gasteiger partial charge in [0, 0.05) is 17.2 Å². The van der Waals surface area contributed by atoms with E-state index < -0.39 is 11.7 Å². The summed E-state index contributed by atoms with van der Waals surface area (Å²) in [7, 11) is 0. The Bertz CT molecular complexity index is 1640. The first-order chi connectivity index (χ1) is 17.8. The van der Waals surface area contributed by atoms with Crippen LogP contribution in [0.2, 0.25) is 0 Å². The Morgan fingerprint density at radius 1 is 1.05 bits per heavy atom. The molecule has 0 spiro atoms. The molecule has 0 radical (unpaired) electrons. The number of alkyl halides is 3. The van der Waals surface area contributed by atoms with E-state index >= 15 is 0 Å². The van der Waals surface area contributed by atoms with Gasteiger partial charge in [-0.25, -0.2) is 0 Å². The Kier molecular flexibility index (Phi) is 6.84. The van der Waals surface area contributed by atoms with Crippen LogP contribution in [-0.4, -0.2) is 21.2 Å². The number of hydrogen-bond acceptors (Lipinski definition) is 6. The van der Waals surface area contributed by atoms with Crippen LogP contribution in [0, 0.1) is 0 Å². The molecule has 3 aromatic heterocycles. The third-order valence-corrected chi connectivity index (χ3v) is 6.64. The van der Waals surface area contributed by atoms with Crippen LogP contribution in [0.25, 0.3) is 33.7 Å². The first-order valence-electron chi connectivity index (χ1n) is 11.7. The molecule has 5 rings (SSSR count). The number of halogens is 3. The molecule has 37 heavy (non-hydrogen) atoms. The second-order valence-corrected chi connectivity index (χ2v) is 9.42. The molecule has 0 fully saturated rings. The maximum absolute atomic E-state index is 13.0. The molecule has 0 saturated heterocycles. The molecule has 0 aliphatic heterocycles. The van der Waals surface area contributed by atoms with Gasteiger partial charge in [0.15, 0.2) is 5.82 Å². The van der Waals surface area contributed by atoms with E-state index in [-0.39, 0.29) is 11.3 Å². The molecule has 6 nitrogen and oxygen atoms in total. The molecule has 190 valence electrons. The van der Waals surface area contributed by atoms with E-state index in [0.717, 1.165) is 54.0 Å². The molecule has 0 saturated carbocycles. The number of thiazole rings is 1. The fourth-order valence-electron chi connectivity index (χ4n) is 3.76. The third kappa shape index (κ3) is 5.43. The molecule has 0 aliphatic rings. The normalized spacial score (nSPS) is 12.5. The first kappa shape index (κ1) is 24.8. The number of rotatable bonds is 8. The Balaban J connectivity index is 1.36. The highest BCUT2D eigenvalue weighted by atomic mass is 32.1. The summed E-state index contributed by atoms with van der Waals surface area (Å²) in [5.74, 6) is 1.80. The van der Waals surface area contributed by atoms with E-state index in [1.807, 2.05) is 24.3 Å². The summed E-state index contributed by atoms with van der Waals surface area (Å²) in [6.45, 7) is 2.81. The van der Waals surface area contributed by atoms with Crippen molar-refractivity contribution in [2.75, 3.05) is 6.61 Å². The number of fused-ring (bicyclic) bond motifs is 1. The highest BCUT2D eigenvalue weighted by molar-refractivity contribution is 7.15. The number of benzene rings is 2. The predicted molar refractivity (Wildman–Crippen MR) is 136 cm³/mol. The molecule has 0 bridgehead atoms.